The number of carbonyl (C=O) groups is 1. The van der Waals surface area contributed by atoms with Crippen LogP contribution in [0, 0.1) is 5.92 Å². The van der Waals surface area contributed by atoms with Gasteiger partial charge in [0.15, 0.2) is 0 Å². The van der Waals surface area contributed by atoms with Gasteiger partial charge in [-0.25, -0.2) is 0 Å². The number of carbonyl (C=O) groups excluding carboxylic acids is 1. The molecule has 0 spiro atoms. The number of rotatable bonds is 4. The summed E-state index contributed by atoms with van der Waals surface area (Å²) in [6, 6.07) is 16.9. The maximum absolute atomic E-state index is 12.5. The average molecular weight is 296 g/mol. The lowest BCUT2D eigenvalue weighted by Gasteiger charge is -2.16. The van der Waals surface area contributed by atoms with Crippen molar-refractivity contribution in [3.8, 4) is 11.5 Å². The summed E-state index contributed by atoms with van der Waals surface area (Å²) in [6.45, 7) is 2.17. The van der Waals surface area contributed by atoms with E-state index < -0.39 is 0 Å². The molecular formula is C18H20N2O2. The zero-order chi connectivity index (χ0) is 15.4. The van der Waals surface area contributed by atoms with Gasteiger partial charge in [0.25, 0.3) is 5.91 Å². The van der Waals surface area contributed by atoms with Crippen molar-refractivity contribution in [2.24, 2.45) is 11.7 Å². The van der Waals surface area contributed by atoms with E-state index in [0.717, 1.165) is 25.3 Å². The predicted octanol–water partition coefficient (Wildman–Crippen LogP) is 2.90. The molecule has 0 aliphatic carbocycles. The first kappa shape index (κ1) is 14.6. The summed E-state index contributed by atoms with van der Waals surface area (Å²) in [7, 11) is 0. The van der Waals surface area contributed by atoms with Gasteiger partial charge in [-0.3, -0.25) is 4.79 Å². The highest BCUT2D eigenvalue weighted by atomic mass is 16.5. The topological polar surface area (TPSA) is 55.6 Å². The molecule has 4 heteroatoms. The molecule has 114 valence electrons. The summed E-state index contributed by atoms with van der Waals surface area (Å²) in [5.41, 5.74) is 6.35. The van der Waals surface area contributed by atoms with Crippen LogP contribution in [0.3, 0.4) is 0 Å². The second-order valence-corrected chi connectivity index (χ2v) is 5.58. The van der Waals surface area contributed by atoms with Gasteiger partial charge in [-0.05, 0) is 49.2 Å². The molecule has 2 aromatic rings. The second-order valence-electron chi connectivity index (χ2n) is 5.58. The minimum atomic E-state index is 0.0504. The molecule has 4 nitrogen and oxygen atoms in total. The number of ether oxygens (including phenoxy) is 1. The Kier molecular flexibility index (Phi) is 4.39. The van der Waals surface area contributed by atoms with Gasteiger partial charge in [0.1, 0.15) is 11.5 Å². The minimum Gasteiger partial charge on any atom is -0.457 e. The van der Waals surface area contributed by atoms with E-state index in [9.17, 15) is 4.79 Å². The predicted molar refractivity (Wildman–Crippen MR) is 86.0 cm³/mol. The van der Waals surface area contributed by atoms with E-state index in [0.29, 0.717) is 23.8 Å². The number of nitrogens with zero attached hydrogens (tertiary/aromatic N) is 1. The SMILES string of the molecule is NC[C@H]1CCN(C(=O)c2cccc(Oc3ccccc3)c2)C1. The van der Waals surface area contributed by atoms with E-state index >= 15 is 0 Å². The van der Waals surface area contributed by atoms with E-state index in [1.807, 2.05) is 53.4 Å². The first-order chi connectivity index (χ1) is 10.8. The third-order valence-corrected chi connectivity index (χ3v) is 3.97. The molecule has 1 aliphatic rings. The minimum absolute atomic E-state index is 0.0504. The van der Waals surface area contributed by atoms with E-state index in [4.69, 9.17) is 10.5 Å². The molecule has 0 radical (unpaired) electrons. The number of para-hydroxylation sites is 1. The smallest absolute Gasteiger partial charge is 0.253 e. The monoisotopic (exact) mass is 296 g/mol. The molecule has 1 saturated heterocycles. The van der Waals surface area contributed by atoms with Crippen LogP contribution in [-0.2, 0) is 0 Å². The molecule has 0 unspecified atom stereocenters. The third-order valence-electron chi connectivity index (χ3n) is 3.97. The van der Waals surface area contributed by atoms with E-state index in [2.05, 4.69) is 0 Å². The molecule has 22 heavy (non-hydrogen) atoms. The van der Waals surface area contributed by atoms with E-state index in [1.54, 1.807) is 6.07 Å². The molecule has 1 aliphatic heterocycles. The summed E-state index contributed by atoms with van der Waals surface area (Å²) in [4.78, 5) is 14.4. The third kappa shape index (κ3) is 3.28. The quantitative estimate of drug-likeness (QED) is 0.944. The molecule has 2 N–H and O–H groups in total. The van der Waals surface area contributed by atoms with E-state index in [1.165, 1.54) is 0 Å². The summed E-state index contributed by atoms with van der Waals surface area (Å²) in [5, 5.41) is 0. The Morgan fingerprint density at radius 3 is 2.64 bits per heavy atom. The van der Waals surface area contributed by atoms with Gasteiger partial charge < -0.3 is 15.4 Å². The first-order valence-corrected chi connectivity index (χ1v) is 7.58. The summed E-state index contributed by atoms with van der Waals surface area (Å²) >= 11 is 0. The molecule has 2 aromatic carbocycles. The van der Waals surface area contributed by atoms with Crippen molar-refractivity contribution in [2.45, 2.75) is 6.42 Å². The number of hydrogen-bond acceptors (Lipinski definition) is 3. The van der Waals surface area contributed by atoms with Crippen molar-refractivity contribution in [1.82, 2.24) is 4.90 Å². The van der Waals surface area contributed by atoms with Crippen LogP contribution in [0.25, 0.3) is 0 Å². The molecule has 0 aromatic heterocycles. The maximum Gasteiger partial charge on any atom is 0.253 e. The lowest BCUT2D eigenvalue weighted by molar-refractivity contribution is 0.0787. The summed E-state index contributed by atoms with van der Waals surface area (Å²) in [6.07, 6.45) is 0.989. The van der Waals surface area contributed by atoms with Gasteiger partial charge in [0.05, 0.1) is 0 Å². The van der Waals surface area contributed by atoms with Crippen molar-refractivity contribution in [2.75, 3.05) is 19.6 Å². The van der Waals surface area contributed by atoms with Crippen LogP contribution in [0.5, 0.6) is 11.5 Å². The zero-order valence-electron chi connectivity index (χ0n) is 12.4. The van der Waals surface area contributed by atoms with E-state index in [-0.39, 0.29) is 5.91 Å². The zero-order valence-corrected chi connectivity index (χ0v) is 12.4. The summed E-state index contributed by atoms with van der Waals surface area (Å²) < 4.78 is 5.78. The Bertz CT molecular complexity index is 643. The van der Waals surface area contributed by atoms with Crippen molar-refractivity contribution in [3.05, 3.63) is 60.2 Å². The first-order valence-electron chi connectivity index (χ1n) is 7.58. The van der Waals surface area contributed by atoms with Gasteiger partial charge in [-0.2, -0.15) is 0 Å². The normalized spacial score (nSPS) is 17.5. The van der Waals surface area contributed by atoms with Crippen molar-refractivity contribution >= 4 is 5.91 Å². The fraction of sp³-hybridized carbons (Fsp3) is 0.278. The van der Waals surface area contributed by atoms with Crippen molar-refractivity contribution in [1.29, 1.82) is 0 Å². The number of nitrogens with two attached hydrogens (primary N) is 1. The highest BCUT2D eigenvalue weighted by Gasteiger charge is 2.26. The fourth-order valence-electron chi connectivity index (χ4n) is 2.71. The molecule has 0 saturated carbocycles. The van der Waals surface area contributed by atoms with Gasteiger partial charge in [-0.1, -0.05) is 24.3 Å². The maximum atomic E-state index is 12.5. The molecular weight excluding hydrogens is 276 g/mol. The lowest BCUT2D eigenvalue weighted by atomic mass is 10.1. The number of benzene rings is 2. The Labute approximate surface area is 130 Å². The van der Waals surface area contributed by atoms with Crippen molar-refractivity contribution < 1.29 is 9.53 Å². The highest BCUT2D eigenvalue weighted by molar-refractivity contribution is 5.94. The Morgan fingerprint density at radius 1 is 1.14 bits per heavy atom. The van der Waals surface area contributed by atoms with Crippen LogP contribution in [-0.4, -0.2) is 30.4 Å². The lowest BCUT2D eigenvalue weighted by Crippen LogP contribution is -2.29. The van der Waals surface area contributed by atoms with Crippen LogP contribution in [0.2, 0.25) is 0 Å². The van der Waals surface area contributed by atoms with Crippen LogP contribution < -0.4 is 10.5 Å². The molecule has 1 heterocycles. The number of likely N-dealkylation sites (tertiary alicyclic amines) is 1. The van der Waals surface area contributed by atoms with Crippen LogP contribution in [0.4, 0.5) is 0 Å². The van der Waals surface area contributed by atoms with Gasteiger partial charge in [0, 0.05) is 18.7 Å². The van der Waals surface area contributed by atoms with Gasteiger partial charge in [-0.15, -0.1) is 0 Å². The van der Waals surface area contributed by atoms with Gasteiger partial charge in [0.2, 0.25) is 0 Å². The van der Waals surface area contributed by atoms with Crippen LogP contribution in [0.15, 0.2) is 54.6 Å². The van der Waals surface area contributed by atoms with Crippen molar-refractivity contribution in [3.63, 3.8) is 0 Å². The Hall–Kier alpha value is -2.33. The van der Waals surface area contributed by atoms with Crippen LogP contribution in [0.1, 0.15) is 16.8 Å². The second kappa shape index (κ2) is 6.62. The van der Waals surface area contributed by atoms with Gasteiger partial charge >= 0.3 is 0 Å². The summed E-state index contributed by atoms with van der Waals surface area (Å²) in [5.74, 6) is 1.91. The molecule has 1 atom stereocenters. The highest BCUT2D eigenvalue weighted by Crippen LogP contribution is 2.24. The Morgan fingerprint density at radius 2 is 1.91 bits per heavy atom. The molecule has 1 fully saturated rings. The average Bonchev–Trinajstić information content (AvgIpc) is 3.04. The number of amides is 1. The largest absolute Gasteiger partial charge is 0.457 e. The fourth-order valence-corrected chi connectivity index (χ4v) is 2.71. The molecule has 1 amide bonds. The molecule has 0 bridgehead atoms. The Balaban J connectivity index is 1.72. The van der Waals surface area contributed by atoms with Crippen LogP contribution >= 0.6 is 0 Å². The molecule has 3 rings (SSSR count). The number of hydrogen-bond donors (Lipinski definition) is 1. The standard InChI is InChI=1S/C18H20N2O2/c19-12-14-9-10-20(13-14)18(21)15-5-4-8-17(11-15)22-16-6-2-1-3-7-16/h1-8,11,14H,9-10,12-13,19H2/t14-/m1/s1.